The van der Waals surface area contributed by atoms with Crippen LogP contribution in [0, 0.1) is 0 Å². The van der Waals surface area contributed by atoms with Crippen LogP contribution in [0.25, 0.3) is 11.4 Å². The Labute approximate surface area is 188 Å². The first kappa shape index (κ1) is 25.1. The lowest BCUT2D eigenvalue weighted by molar-refractivity contribution is 0.0971. The molecule has 0 aliphatic carbocycles. The molecule has 1 heterocycles. The first-order chi connectivity index (χ1) is 15.3. The van der Waals surface area contributed by atoms with Gasteiger partial charge in [-0.05, 0) is 37.1 Å². The van der Waals surface area contributed by atoms with Crippen LogP contribution in [0.5, 0.6) is 11.5 Å². The van der Waals surface area contributed by atoms with Crippen LogP contribution in [-0.4, -0.2) is 36.4 Å². The van der Waals surface area contributed by atoms with Gasteiger partial charge >= 0.3 is 0 Å². The van der Waals surface area contributed by atoms with E-state index < -0.39 is 0 Å². The van der Waals surface area contributed by atoms with Gasteiger partial charge in [-0.25, -0.2) is 9.97 Å². The molecule has 5 nitrogen and oxygen atoms in total. The third-order valence-corrected chi connectivity index (χ3v) is 5.15. The topological polar surface area (TPSA) is 53.5 Å². The monoisotopic (exact) mass is 428 g/mol. The summed E-state index contributed by atoms with van der Waals surface area (Å²) in [5, 5.41) is 0. The zero-order chi connectivity index (χ0) is 22.0. The molecular weight excluding hydrogens is 388 g/mol. The SMILES string of the molecule is CCCCCCCCCOc1ccc(-c2ncc(OCCOCCCCC)cn2)cc1. The second-order valence-electron chi connectivity index (χ2n) is 7.90. The molecule has 2 aromatic rings. The van der Waals surface area contributed by atoms with Crippen LogP contribution in [0.2, 0.25) is 0 Å². The zero-order valence-electron chi connectivity index (χ0n) is 19.5. The van der Waals surface area contributed by atoms with Crippen molar-refractivity contribution in [1.29, 1.82) is 0 Å². The van der Waals surface area contributed by atoms with Gasteiger partial charge in [-0.15, -0.1) is 0 Å². The highest BCUT2D eigenvalue weighted by Gasteiger charge is 2.03. The van der Waals surface area contributed by atoms with Crippen molar-refractivity contribution < 1.29 is 14.2 Å². The molecule has 31 heavy (non-hydrogen) atoms. The summed E-state index contributed by atoms with van der Waals surface area (Å²) in [5.74, 6) is 2.24. The number of hydrogen-bond donors (Lipinski definition) is 0. The molecule has 1 aromatic carbocycles. The number of nitrogens with zero attached hydrogens (tertiary/aromatic N) is 2. The fourth-order valence-electron chi connectivity index (χ4n) is 3.26. The minimum Gasteiger partial charge on any atom is -0.494 e. The Morgan fingerprint density at radius 3 is 1.87 bits per heavy atom. The van der Waals surface area contributed by atoms with E-state index in [2.05, 4.69) is 23.8 Å². The summed E-state index contributed by atoms with van der Waals surface area (Å²) in [4.78, 5) is 8.83. The molecule has 0 aliphatic heterocycles. The van der Waals surface area contributed by atoms with E-state index in [1.165, 1.54) is 51.4 Å². The van der Waals surface area contributed by atoms with Gasteiger partial charge in [-0.1, -0.05) is 65.2 Å². The number of aromatic nitrogens is 2. The summed E-state index contributed by atoms with van der Waals surface area (Å²) in [6.45, 7) is 7.12. The average molecular weight is 429 g/mol. The number of benzene rings is 1. The molecule has 0 spiro atoms. The summed E-state index contributed by atoms with van der Waals surface area (Å²) in [7, 11) is 0. The van der Waals surface area contributed by atoms with Gasteiger partial charge in [-0.2, -0.15) is 0 Å². The molecule has 1 aromatic heterocycles. The summed E-state index contributed by atoms with van der Waals surface area (Å²) in [6, 6.07) is 7.97. The molecule has 0 fully saturated rings. The van der Waals surface area contributed by atoms with E-state index in [4.69, 9.17) is 14.2 Å². The first-order valence-corrected chi connectivity index (χ1v) is 12.1. The fourth-order valence-corrected chi connectivity index (χ4v) is 3.26. The Hall–Kier alpha value is -2.14. The maximum atomic E-state index is 5.86. The van der Waals surface area contributed by atoms with Gasteiger partial charge in [0.1, 0.15) is 12.4 Å². The molecule has 0 amide bonds. The van der Waals surface area contributed by atoms with Crippen molar-refractivity contribution in [3.05, 3.63) is 36.7 Å². The number of rotatable bonds is 18. The third kappa shape index (κ3) is 11.2. The van der Waals surface area contributed by atoms with Gasteiger partial charge in [0, 0.05) is 12.2 Å². The van der Waals surface area contributed by atoms with Crippen molar-refractivity contribution in [3.63, 3.8) is 0 Å². The highest BCUT2D eigenvalue weighted by atomic mass is 16.5. The van der Waals surface area contributed by atoms with Crippen LogP contribution in [-0.2, 0) is 4.74 Å². The molecule has 0 atom stereocenters. The maximum absolute atomic E-state index is 5.86. The molecule has 0 saturated heterocycles. The summed E-state index contributed by atoms with van der Waals surface area (Å²) < 4.78 is 17.0. The van der Waals surface area contributed by atoms with Crippen molar-refractivity contribution >= 4 is 0 Å². The van der Waals surface area contributed by atoms with Crippen molar-refractivity contribution in [2.75, 3.05) is 26.4 Å². The Morgan fingerprint density at radius 1 is 0.581 bits per heavy atom. The van der Waals surface area contributed by atoms with Crippen molar-refractivity contribution in [2.45, 2.75) is 78.1 Å². The molecular formula is C26H40N2O3. The minimum atomic E-state index is 0.513. The van der Waals surface area contributed by atoms with E-state index in [1.54, 1.807) is 12.4 Å². The quantitative estimate of drug-likeness (QED) is 0.243. The molecule has 172 valence electrons. The molecule has 0 bridgehead atoms. The normalized spacial score (nSPS) is 10.9. The standard InChI is InChI=1S/C26H40N2O3/c1-3-5-7-8-9-10-12-18-30-24-15-13-23(14-16-24)26-27-21-25(22-28-26)31-20-19-29-17-11-6-4-2/h13-16,21-22H,3-12,17-20H2,1-2H3. The number of hydrogen-bond acceptors (Lipinski definition) is 5. The summed E-state index contributed by atoms with van der Waals surface area (Å²) in [6.07, 6.45) is 16.0. The maximum Gasteiger partial charge on any atom is 0.159 e. The average Bonchev–Trinajstić information content (AvgIpc) is 2.81. The lowest BCUT2D eigenvalue weighted by atomic mass is 10.1. The van der Waals surface area contributed by atoms with E-state index >= 15 is 0 Å². The molecule has 0 unspecified atom stereocenters. The first-order valence-electron chi connectivity index (χ1n) is 12.1. The summed E-state index contributed by atoms with van der Waals surface area (Å²) >= 11 is 0. The molecule has 0 aliphatic rings. The fraction of sp³-hybridized carbons (Fsp3) is 0.615. The van der Waals surface area contributed by atoms with Crippen molar-refractivity contribution in [2.24, 2.45) is 0 Å². The van der Waals surface area contributed by atoms with E-state index in [-0.39, 0.29) is 0 Å². The molecule has 0 N–H and O–H groups in total. The third-order valence-electron chi connectivity index (χ3n) is 5.15. The van der Waals surface area contributed by atoms with Crippen LogP contribution in [0.3, 0.4) is 0 Å². The number of ether oxygens (including phenoxy) is 3. The van der Waals surface area contributed by atoms with Crippen LogP contribution in [0.4, 0.5) is 0 Å². The van der Waals surface area contributed by atoms with Gasteiger partial charge in [0.2, 0.25) is 0 Å². The van der Waals surface area contributed by atoms with Crippen LogP contribution < -0.4 is 9.47 Å². The van der Waals surface area contributed by atoms with Gasteiger partial charge < -0.3 is 14.2 Å². The Balaban J connectivity index is 1.63. The molecule has 5 heteroatoms. The lowest BCUT2D eigenvalue weighted by Crippen LogP contribution is -2.08. The summed E-state index contributed by atoms with van der Waals surface area (Å²) in [5.41, 5.74) is 0.967. The van der Waals surface area contributed by atoms with Crippen molar-refractivity contribution in [1.82, 2.24) is 9.97 Å². The van der Waals surface area contributed by atoms with E-state index in [1.807, 2.05) is 24.3 Å². The second kappa shape index (κ2) is 16.5. The number of unbranched alkanes of at least 4 members (excludes halogenated alkanes) is 8. The lowest BCUT2D eigenvalue weighted by Gasteiger charge is -2.08. The Morgan fingerprint density at radius 2 is 1.16 bits per heavy atom. The van der Waals surface area contributed by atoms with E-state index in [0.29, 0.717) is 24.8 Å². The van der Waals surface area contributed by atoms with Gasteiger partial charge in [0.25, 0.3) is 0 Å². The molecule has 2 rings (SSSR count). The Kier molecular flexibility index (Phi) is 13.4. The minimum absolute atomic E-state index is 0.513. The van der Waals surface area contributed by atoms with E-state index in [9.17, 15) is 0 Å². The van der Waals surface area contributed by atoms with Gasteiger partial charge in [0.05, 0.1) is 25.6 Å². The van der Waals surface area contributed by atoms with Crippen LogP contribution in [0.1, 0.15) is 78.1 Å². The highest BCUT2D eigenvalue weighted by Crippen LogP contribution is 2.20. The van der Waals surface area contributed by atoms with Crippen LogP contribution in [0.15, 0.2) is 36.7 Å². The predicted octanol–water partition coefficient (Wildman–Crippen LogP) is 6.86. The van der Waals surface area contributed by atoms with Crippen LogP contribution >= 0.6 is 0 Å². The smallest absolute Gasteiger partial charge is 0.159 e. The van der Waals surface area contributed by atoms with Gasteiger partial charge in [-0.3, -0.25) is 0 Å². The second-order valence-corrected chi connectivity index (χ2v) is 7.90. The largest absolute Gasteiger partial charge is 0.494 e. The Bertz CT molecular complexity index is 674. The highest BCUT2D eigenvalue weighted by molar-refractivity contribution is 5.56. The van der Waals surface area contributed by atoms with E-state index in [0.717, 1.165) is 37.4 Å². The van der Waals surface area contributed by atoms with Gasteiger partial charge in [0.15, 0.2) is 11.6 Å². The zero-order valence-corrected chi connectivity index (χ0v) is 19.5. The molecule has 0 saturated carbocycles. The molecule has 0 radical (unpaired) electrons. The predicted molar refractivity (Wildman–Crippen MR) is 127 cm³/mol. The van der Waals surface area contributed by atoms with Crippen molar-refractivity contribution in [3.8, 4) is 22.9 Å².